The molecule has 1 rings (SSSR count). The van der Waals surface area contributed by atoms with E-state index >= 15 is 0 Å². The van der Waals surface area contributed by atoms with E-state index in [2.05, 4.69) is 0 Å². The second-order valence-electron chi connectivity index (χ2n) is 3.72. The largest absolute Gasteiger partial charge is 0.445 e. The van der Waals surface area contributed by atoms with Gasteiger partial charge in [0, 0.05) is 13.1 Å². The predicted molar refractivity (Wildman–Crippen MR) is 64.3 cm³/mol. The highest BCUT2D eigenvalue weighted by Crippen LogP contribution is 2.06. The first kappa shape index (κ1) is 12.6. The quantitative estimate of drug-likeness (QED) is 0.782. The van der Waals surface area contributed by atoms with Gasteiger partial charge in [0.1, 0.15) is 6.61 Å². The Labute approximate surface area is 97.0 Å². The third-order valence-corrected chi connectivity index (χ3v) is 2.47. The fraction of sp³-hybridized carbons (Fsp3) is 0.462. The van der Waals surface area contributed by atoms with Crippen LogP contribution in [-0.4, -0.2) is 24.1 Å². The van der Waals surface area contributed by atoms with Crippen molar-refractivity contribution >= 4 is 6.09 Å². The highest BCUT2D eigenvalue weighted by Gasteiger charge is 2.10. The van der Waals surface area contributed by atoms with Crippen molar-refractivity contribution in [1.29, 1.82) is 0 Å². The molecule has 0 aliphatic carbocycles. The standard InChI is InChI=1S/C13H19NO2/c1-4-14(5-2)13(15)16-10-12-8-6-7-11(3)9-12/h6-9H,4-5,10H2,1-3H3. The summed E-state index contributed by atoms with van der Waals surface area (Å²) in [6, 6.07) is 7.98. The molecule has 0 spiro atoms. The molecule has 0 saturated heterocycles. The molecule has 0 aliphatic rings. The summed E-state index contributed by atoms with van der Waals surface area (Å²) >= 11 is 0. The number of benzene rings is 1. The van der Waals surface area contributed by atoms with Gasteiger partial charge in [-0.3, -0.25) is 0 Å². The molecule has 88 valence electrons. The van der Waals surface area contributed by atoms with E-state index in [-0.39, 0.29) is 6.09 Å². The average Bonchev–Trinajstić information content (AvgIpc) is 2.28. The Morgan fingerprint density at radius 1 is 1.31 bits per heavy atom. The van der Waals surface area contributed by atoms with Crippen LogP contribution in [0.25, 0.3) is 0 Å². The molecule has 3 heteroatoms. The number of nitrogens with zero attached hydrogens (tertiary/aromatic N) is 1. The maximum Gasteiger partial charge on any atom is 0.410 e. The number of hydrogen-bond donors (Lipinski definition) is 0. The maximum atomic E-state index is 11.6. The molecule has 0 fully saturated rings. The molecule has 1 aromatic carbocycles. The summed E-state index contributed by atoms with van der Waals surface area (Å²) in [7, 11) is 0. The fourth-order valence-corrected chi connectivity index (χ4v) is 1.52. The molecule has 1 aromatic rings. The lowest BCUT2D eigenvalue weighted by molar-refractivity contribution is 0.0998. The zero-order chi connectivity index (χ0) is 12.0. The van der Waals surface area contributed by atoms with E-state index in [1.54, 1.807) is 4.90 Å². The van der Waals surface area contributed by atoms with Gasteiger partial charge in [-0.25, -0.2) is 4.79 Å². The molecule has 16 heavy (non-hydrogen) atoms. The Balaban J connectivity index is 2.48. The van der Waals surface area contributed by atoms with Gasteiger partial charge in [-0.05, 0) is 26.3 Å². The minimum Gasteiger partial charge on any atom is -0.445 e. The highest BCUT2D eigenvalue weighted by atomic mass is 16.6. The molecule has 0 N–H and O–H groups in total. The molecule has 0 bridgehead atoms. The Bertz CT molecular complexity index is 346. The second-order valence-corrected chi connectivity index (χ2v) is 3.72. The van der Waals surface area contributed by atoms with Crippen LogP contribution < -0.4 is 0 Å². The van der Waals surface area contributed by atoms with Gasteiger partial charge < -0.3 is 9.64 Å². The first-order valence-corrected chi connectivity index (χ1v) is 5.64. The molecule has 0 atom stereocenters. The molecular weight excluding hydrogens is 202 g/mol. The van der Waals surface area contributed by atoms with Crippen LogP contribution in [0.15, 0.2) is 24.3 Å². The van der Waals surface area contributed by atoms with Crippen molar-refractivity contribution in [3.8, 4) is 0 Å². The minimum atomic E-state index is -0.244. The molecule has 0 radical (unpaired) electrons. The third-order valence-electron chi connectivity index (χ3n) is 2.47. The van der Waals surface area contributed by atoms with Crippen molar-refractivity contribution in [3.63, 3.8) is 0 Å². The summed E-state index contributed by atoms with van der Waals surface area (Å²) in [5.74, 6) is 0. The van der Waals surface area contributed by atoms with Crippen LogP contribution in [-0.2, 0) is 11.3 Å². The normalized spacial score (nSPS) is 9.94. The zero-order valence-electron chi connectivity index (χ0n) is 10.2. The van der Waals surface area contributed by atoms with Gasteiger partial charge in [-0.2, -0.15) is 0 Å². The number of amides is 1. The van der Waals surface area contributed by atoms with Crippen molar-refractivity contribution in [2.75, 3.05) is 13.1 Å². The third kappa shape index (κ3) is 3.57. The Kier molecular flexibility index (Phi) is 4.83. The Morgan fingerprint density at radius 3 is 2.56 bits per heavy atom. The first-order chi connectivity index (χ1) is 7.67. The van der Waals surface area contributed by atoms with Gasteiger partial charge in [0.15, 0.2) is 0 Å². The van der Waals surface area contributed by atoms with E-state index in [1.807, 2.05) is 45.0 Å². The van der Waals surface area contributed by atoms with Gasteiger partial charge >= 0.3 is 6.09 Å². The van der Waals surface area contributed by atoms with Crippen LogP contribution in [0.3, 0.4) is 0 Å². The lowest BCUT2D eigenvalue weighted by atomic mass is 10.1. The lowest BCUT2D eigenvalue weighted by Crippen LogP contribution is -2.30. The van der Waals surface area contributed by atoms with Crippen LogP contribution in [0.5, 0.6) is 0 Å². The lowest BCUT2D eigenvalue weighted by Gasteiger charge is -2.18. The van der Waals surface area contributed by atoms with Gasteiger partial charge in [0.25, 0.3) is 0 Å². The smallest absolute Gasteiger partial charge is 0.410 e. The molecule has 0 saturated carbocycles. The van der Waals surface area contributed by atoms with Gasteiger partial charge in [0.05, 0.1) is 0 Å². The van der Waals surface area contributed by atoms with Crippen LogP contribution in [0.2, 0.25) is 0 Å². The van der Waals surface area contributed by atoms with Gasteiger partial charge in [0.2, 0.25) is 0 Å². The van der Waals surface area contributed by atoms with E-state index < -0.39 is 0 Å². The fourth-order valence-electron chi connectivity index (χ4n) is 1.52. The number of carbonyl (C=O) groups is 1. The SMILES string of the molecule is CCN(CC)C(=O)OCc1cccc(C)c1. The molecule has 1 amide bonds. The van der Waals surface area contributed by atoms with Crippen LogP contribution in [0, 0.1) is 6.92 Å². The average molecular weight is 221 g/mol. The second kappa shape index (κ2) is 6.16. The first-order valence-electron chi connectivity index (χ1n) is 5.64. The highest BCUT2D eigenvalue weighted by molar-refractivity contribution is 5.67. The van der Waals surface area contributed by atoms with Crippen molar-refractivity contribution < 1.29 is 9.53 Å². The van der Waals surface area contributed by atoms with Crippen LogP contribution in [0.1, 0.15) is 25.0 Å². The number of aryl methyl sites for hydroxylation is 1. The monoisotopic (exact) mass is 221 g/mol. The Hall–Kier alpha value is -1.51. The summed E-state index contributed by atoms with van der Waals surface area (Å²) < 4.78 is 5.21. The molecular formula is C13H19NO2. The van der Waals surface area contributed by atoms with Crippen LogP contribution in [0.4, 0.5) is 4.79 Å². The molecule has 0 aliphatic heterocycles. The number of hydrogen-bond acceptors (Lipinski definition) is 2. The predicted octanol–water partition coefficient (Wildman–Crippen LogP) is 2.97. The topological polar surface area (TPSA) is 29.5 Å². The van der Waals surface area contributed by atoms with Crippen molar-refractivity contribution in [2.24, 2.45) is 0 Å². The van der Waals surface area contributed by atoms with Crippen molar-refractivity contribution in [2.45, 2.75) is 27.4 Å². The molecule has 3 nitrogen and oxygen atoms in total. The summed E-state index contributed by atoms with van der Waals surface area (Å²) in [5, 5.41) is 0. The van der Waals surface area contributed by atoms with Crippen molar-refractivity contribution in [1.82, 2.24) is 4.90 Å². The summed E-state index contributed by atoms with van der Waals surface area (Å²) in [6.07, 6.45) is -0.244. The molecule has 0 aromatic heterocycles. The number of rotatable bonds is 4. The van der Waals surface area contributed by atoms with E-state index in [1.165, 1.54) is 5.56 Å². The number of ether oxygens (including phenoxy) is 1. The number of carbonyl (C=O) groups excluding carboxylic acids is 1. The Morgan fingerprint density at radius 2 is 2.00 bits per heavy atom. The van der Waals surface area contributed by atoms with E-state index in [0.717, 1.165) is 5.56 Å². The van der Waals surface area contributed by atoms with Gasteiger partial charge in [-0.1, -0.05) is 29.8 Å². The minimum absolute atomic E-state index is 0.244. The van der Waals surface area contributed by atoms with E-state index in [4.69, 9.17) is 4.74 Å². The summed E-state index contributed by atoms with van der Waals surface area (Å²) in [6.45, 7) is 7.62. The molecule has 0 heterocycles. The molecule has 0 unspecified atom stereocenters. The van der Waals surface area contributed by atoms with Gasteiger partial charge in [-0.15, -0.1) is 0 Å². The zero-order valence-corrected chi connectivity index (χ0v) is 10.2. The van der Waals surface area contributed by atoms with E-state index in [0.29, 0.717) is 19.7 Å². The van der Waals surface area contributed by atoms with E-state index in [9.17, 15) is 4.79 Å². The summed E-state index contributed by atoms with van der Waals surface area (Å²) in [4.78, 5) is 13.2. The maximum absolute atomic E-state index is 11.6. The van der Waals surface area contributed by atoms with Crippen molar-refractivity contribution in [3.05, 3.63) is 35.4 Å². The van der Waals surface area contributed by atoms with Crippen LogP contribution >= 0.6 is 0 Å². The summed E-state index contributed by atoms with van der Waals surface area (Å²) in [5.41, 5.74) is 2.21.